The molecule has 0 aromatic rings. The third-order valence-electron chi connectivity index (χ3n) is 2.44. The molecule has 1 atom stereocenters. The maximum Gasteiger partial charge on any atom is 0.251 e. The van der Waals surface area contributed by atoms with Gasteiger partial charge in [0, 0.05) is 37.7 Å². The molecule has 116 valence electrons. The first kappa shape index (κ1) is 18.5. The maximum atomic E-state index is 12.2. The smallest absolute Gasteiger partial charge is 0.251 e. The molecule has 0 aliphatic rings. The van der Waals surface area contributed by atoms with Crippen LogP contribution in [0.3, 0.4) is 0 Å². The maximum absolute atomic E-state index is 12.2. The molecule has 0 fully saturated rings. The molecule has 0 aliphatic carbocycles. The third kappa shape index (κ3) is 10.4. The van der Waals surface area contributed by atoms with Gasteiger partial charge in [-0.1, -0.05) is 0 Å². The van der Waals surface area contributed by atoms with Gasteiger partial charge in [0.05, 0.1) is 13.0 Å². The Morgan fingerprint density at radius 2 is 2.05 bits per heavy atom. The van der Waals surface area contributed by atoms with Crippen molar-refractivity contribution in [3.8, 4) is 0 Å². The van der Waals surface area contributed by atoms with Crippen LogP contribution in [0.5, 0.6) is 0 Å². The van der Waals surface area contributed by atoms with E-state index in [0.717, 1.165) is 5.70 Å². The molecule has 0 radical (unpaired) electrons. The zero-order chi connectivity index (χ0) is 15.5. The molecule has 0 aromatic carbocycles. The second kappa shape index (κ2) is 10.3. The fourth-order valence-electron chi connectivity index (χ4n) is 1.65. The Balaban J connectivity index is 4.05. The summed E-state index contributed by atoms with van der Waals surface area (Å²) in [6.45, 7) is 4.02. The van der Waals surface area contributed by atoms with Gasteiger partial charge in [0.2, 0.25) is 5.91 Å². The molecule has 5 nitrogen and oxygen atoms in total. The third-order valence-corrected chi connectivity index (χ3v) is 2.44. The lowest BCUT2D eigenvalue weighted by atomic mass is 10.3. The average Bonchev–Trinajstić information content (AvgIpc) is 2.32. The summed E-state index contributed by atoms with van der Waals surface area (Å²) in [4.78, 5) is 16.5. The van der Waals surface area contributed by atoms with Gasteiger partial charge >= 0.3 is 0 Å². The highest BCUT2D eigenvalue weighted by Crippen LogP contribution is 1.98. The van der Waals surface area contributed by atoms with Gasteiger partial charge in [-0.25, -0.2) is 8.78 Å². The number of halogens is 2. The molecular formula is C13H24F2N4O. The van der Waals surface area contributed by atoms with E-state index in [4.69, 9.17) is 0 Å². The van der Waals surface area contributed by atoms with Gasteiger partial charge in [-0.15, -0.1) is 0 Å². The predicted octanol–water partition coefficient (Wildman–Crippen LogP) is 1.23. The van der Waals surface area contributed by atoms with E-state index in [1.165, 1.54) is 6.21 Å². The van der Waals surface area contributed by atoms with Crippen LogP contribution in [0.1, 0.15) is 20.3 Å². The Hall–Kier alpha value is -1.50. The largest absolute Gasteiger partial charge is 0.384 e. The van der Waals surface area contributed by atoms with Crippen LogP contribution >= 0.6 is 0 Å². The van der Waals surface area contributed by atoms with E-state index >= 15 is 0 Å². The fraction of sp³-hybridized carbons (Fsp3) is 0.692. The van der Waals surface area contributed by atoms with Crippen LogP contribution in [0.4, 0.5) is 8.78 Å². The molecule has 0 spiro atoms. The van der Waals surface area contributed by atoms with Crippen molar-refractivity contribution in [2.45, 2.75) is 32.7 Å². The van der Waals surface area contributed by atoms with Crippen LogP contribution in [-0.2, 0) is 4.79 Å². The van der Waals surface area contributed by atoms with Crippen molar-refractivity contribution in [3.05, 3.63) is 11.9 Å². The highest BCUT2D eigenvalue weighted by molar-refractivity contribution is 5.89. The number of carbonyl (C=O) groups excluding carboxylic acids is 1. The lowest BCUT2D eigenvalue weighted by Gasteiger charge is -2.22. The molecule has 0 saturated heterocycles. The standard InChI is InChI=1S/C13H24F2N4O/c1-10(7-17-6-5-13(20)16-3)18-11(2)8-19(4)9-12(14)15/h6-7,11-12,18H,5,8-9H2,1-4H3,(H,16,20)/b10-7+,17-6-. The first-order chi connectivity index (χ1) is 9.35. The van der Waals surface area contributed by atoms with E-state index in [9.17, 15) is 13.6 Å². The number of alkyl halides is 2. The topological polar surface area (TPSA) is 56.7 Å². The normalized spacial score (nSPS) is 14.1. The van der Waals surface area contributed by atoms with Crippen molar-refractivity contribution >= 4 is 12.1 Å². The van der Waals surface area contributed by atoms with Gasteiger partial charge in [-0.2, -0.15) is 0 Å². The van der Waals surface area contributed by atoms with Gasteiger partial charge in [0.25, 0.3) is 6.43 Å². The Morgan fingerprint density at radius 3 is 2.60 bits per heavy atom. The Morgan fingerprint density at radius 1 is 1.40 bits per heavy atom. The summed E-state index contributed by atoms with van der Waals surface area (Å²) in [7, 11) is 3.22. The van der Waals surface area contributed by atoms with Crippen molar-refractivity contribution in [1.29, 1.82) is 0 Å². The van der Waals surface area contributed by atoms with Crippen LogP contribution < -0.4 is 10.6 Å². The monoisotopic (exact) mass is 290 g/mol. The second-order valence-electron chi connectivity index (χ2n) is 4.68. The summed E-state index contributed by atoms with van der Waals surface area (Å²) in [6.07, 6.45) is 1.02. The quantitative estimate of drug-likeness (QED) is 0.628. The van der Waals surface area contributed by atoms with Crippen LogP contribution in [0, 0.1) is 0 Å². The second-order valence-corrected chi connectivity index (χ2v) is 4.68. The van der Waals surface area contributed by atoms with Crippen molar-refractivity contribution in [2.24, 2.45) is 4.99 Å². The number of amides is 1. The molecule has 7 heteroatoms. The lowest BCUT2D eigenvalue weighted by molar-refractivity contribution is -0.119. The number of likely N-dealkylation sites (N-methyl/N-ethyl adjacent to an activating group) is 1. The predicted molar refractivity (Wildman–Crippen MR) is 77.0 cm³/mol. The Kier molecular flexibility index (Phi) is 9.53. The van der Waals surface area contributed by atoms with Crippen LogP contribution in [-0.4, -0.2) is 56.7 Å². The fourth-order valence-corrected chi connectivity index (χ4v) is 1.65. The molecule has 20 heavy (non-hydrogen) atoms. The Labute approximate surface area is 119 Å². The highest BCUT2D eigenvalue weighted by atomic mass is 19.3. The molecule has 0 aliphatic heterocycles. The zero-order valence-corrected chi connectivity index (χ0v) is 12.5. The number of hydrogen-bond donors (Lipinski definition) is 2. The van der Waals surface area contributed by atoms with Gasteiger partial charge in [0.1, 0.15) is 0 Å². The van der Waals surface area contributed by atoms with Crippen LogP contribution in [0.25, 0.3) is 0 Å². The number of nitrogens with zero attached hydrogens (tertiary/aromatic N) is 2. The van der Waals surface area contributed by atoms with E-state index in [2.05, 4.69) is 15.6 Å². The molecule has 0 saturated carbocycles. The van der Waals surface area contributed by atoms with Crippen molar-refractivity contribution in [2.75, 3.05) is 27.2 Å². The number of rotatable bonds is 9. The average molecular weight is 290 g/mol. The summed E-state index contributed by atoms with van der Waals surface area (Å²) in [6, 6.07) is 0.0316. The Bertz CT molecular complexity index is 345. The number of aliphatic imine (C=N–C) groups is 1. The SMILES string of the molecule is CNC(=O)C/C=N\C=C(/C)NC(C)CN(C)CC(F)F. The minimum absolute atomic E-state index is 0.0316. The van der Waals surface area contributed by atoms with Crippen LogP contribution in [0.15, 0.2) is 16.9 Å². The summed E-state index contributed by atoms with van der Waals surface area (Å²) in [5, 5.41) is 5.64. The minimum atomic E-state index is -2.32. The van der Waals surface area contributed by atoms with Crippen LogP contribution in [0.2, 0.25) is 0 Å². The molecule has 0 aromatic heterocycles. The molecule has 1 amide bonds. The first-order valence-electron chi connectivity index (χ1n) is 6.47. The lowest BCUT2D eigenvalue weighted by Crippen LogP contribution is -2.38. The highest BCUT2D eigenvalue weighted by Gasteiger charge is 2.10. The van der Waals surface area contributed by atoms with Gasteiger partial charge in [0.15, 0.2) is 0 Å². The molecule has 0 bridgehead atoms. The molecule has 1 unspecified atom stereocenters. The number of carbonyl (C=O) groups is 1. The number of allylic oxidation sites excluding steroid dienone is 1. The number of hydrogen-bond acceptors (Lipinski definition) is 4. The summed E-state index contributed by atoms with van der Waals surface area (Å²) in [5.41, 5.74) is 0.816. The molecule has 0 heterocycles. The van der Waals surface area contributed by atoms with E-state index in [1.54, 1.807) is 25.2 Å². The van der Waals surface area contributed by atoms with E-state index in [0.29, 0.717) is 6.54 Å². The summed E-state index contributed by atoms with van der Waals surface area (Å²) in [5.74, 6) is -0.102. The van der Waals surface area contributed by atoms with Gasteiger partial charge in [-0.3, -0.25) is 14.7 Å². The van der Waals surface area contributed by atoms with Crippen molar-refractivity contribution in [3.63, 3.8) is 0 Å². The molecule has 2 N–H and O–H groups in total. The van der Waals surface area contributed by atoms with E-state index in [1.807, 2.05) is 13.8 Å². The minimum Gasteiger partial charge on any atom is -0.384 e. The van der Waals surface area contributed by atoms with E-state index < -0.39 is 6.43 Å². The number of nitrogens with one attached hydrogen (secondary N) is 2. The molecular weight excluding hydrogens is 266 g/mol. The summed E-state index contributed by atoms with van der Waals surface area (Å²) < 4.78 is 24.3. The first-order valence-corrected chi connectivity index (χ1v) is 6.47. The van der Waals surface area contributed by atoms with Gasteiger partial charge in [-0.05, 0) is 20.9 Å². The van der Waals surface area contributed by atoms with Crippen molar-refractivity contribution < 1.29 is 13.6 Å². The molecule has 0 rings (SSSR count). The van der Waals surface area contributed by atoms with Gasteiger partial charge < -0.3 is 10.6 Å². The van der Waals surface area contributed by atoms with Crippen molar-refractivity contribution in [1.82, 2.24) is 15.5 Å². The zero-order valence-electron chi connectivity index (χ0n) is 12.5. The summed E-state index contributed by atoms with van der Waals surface area (Å²) >= 11 is 0. The van der Waals surface area contributed by atoms with E-state index in [-0.39, 0.29) is 24.9 Å².